The highest BCUT2D eigenvalue weighted by Crippen LogP contribution is 2.53. The maximum atomic E-state index is 10.1. The SMILES string of the molecule is [2H]c1c([2H])c([2H])c2c(c1[2H])c1c([2H])c([2H])c([2H])c3c4ccccc4c4ccccc4c4ccc(N(c5cc(N(c6cccc(-n7c8ccc(C(C)(C)C)cc8c8cc(C(C)(C)C)ccc87)c6)c6c(-c7ccccc7)cc(C(C)(C)C)cc6-c6ccccc6)cc(C(C)(C)C)c5)c5ccccc5-c5ccccc5)cc4n2c31. The summed E-state index contributed by atoms with van der Waals surface area (Å²) in [6.45, 7) is 27.4. The molecule has 17 rings (SSSR count). The zero-order valence-electron chi connectivity index (χ0n) is 68.3. The number of aromatic nitrogens is 2. The molecule has 0 saturated heterocycles. The molecule has 3 aromatic heterocycles. The lowest BCUT2D eigenvalue weighted by Gasteiger charge is -2.35. The molecule has 17 aromatic rings. The number of benzene rings is 14. The van der Waals surface area contributed by atoms with Crippen LogP contribution in [0.2, 0.25) is 0 Å². The number of hydrogen-bond donors (Lipinski definition) is 0. The first-order valence-electron chi connectivity index (χ1n) is 39.8. The van der Waals surface area contributed by atoms with E-state index >= 15 is 0 Å². The van der Waals surface area contributed by atoms with Crippen LogP contribution >= 0.6 is 0 Å². The van der Waals surface area contributed by atoms with Crippen LogP contribution in [0.5, 0.6) is 0 Å². The average molecular weight is 1350 g/mol. The Morgan fingerprint density at radius 3 is 1.28 bits per heavy atom. The first-order chi connectivity index (χ1) is 53.0. The van der Waals surface area contributed by atoms with E-state index in [9.17, 15) is 9.60 Å². The average Bonchev–Trinajstić information content (AvgIpc) is 1.55. The smallest absolute Gasteiger partial charge is 0.0645 e. The molecule has 0 spiro atoms. The maximum absolute atomic E-state index is 10.1. The van der Waals surface area contributed by atoms with Crippen molar-refractivity contribution in [1.29, 1.82) is 0 Å². The Labute approximate surface area is 621 Å². The normalized spacial score (nSPS) is 13.4. The summed E-state index contributed by atoms with van der Waals surface area (Å²) in [5.74, 6) is 0. The van der Waals surface area contributed by atoms with Crippen molar-refractivity contribution < 1.29 is 9.60 Å². The highest BCUT2D eigenvalue weighted by Gasteiger charge is 2.31. The Morgan fingerprint density at radius 1 is 0.269 bits per heavy atom. The summed E-state index contributed by atoms with van der Waals surface area (Å²) < 4.78 is 72.5. The second-order valence-corrected chi connectivity index (χ2v) is 32.1. The minimum Gasteiger partial charge on any atom is -0.310 e. The van der Waals surface area contributed by atoms with Gasteiger partial charge in [0, 0.05) is 77.4 Å². The summed E-state index contributed by atoms with van der Waals surface area (Å²) >= 11 is 0. The van der Waals surface area contributed by atoms with Gasteiger partial charge in [-0.05, 0) is 179 Å². The van der Waals surface area contributed by atoms with Gasteiger partial charge in [-0.1, -0.05) is 301 Å². The number of para-hydroxylation sites is 3. The van der Waals surface area contributed by atoms with E-state index in [1.807, 2.05) is 46.9 Å². The van der Waals surface area contributed by atoms with Gasteiger partial charge in [0.15, 0.2) is 0 Å². The second-order valence-electron chi connectivity index (χ2n) is 32.1. The molecular formula is C100H88N4. The first kappa shape index (κ1) is 57.9. The fourth-order valence-electron chi connectivity index (χ4n) is 15.6. The molecular weight excluding hydrogens is 1260 g/mol. The molecule has 14 aromatic carbocycles. The van der Waals surface area contributed by atoms with Crippen molar-refractivity contribution >= 4 is 116 Å². The van der Waals surface area contributed by atoms with Crippen LogP contribution in [0.15, 0.2) is 315 Å². The Balaban J connectivity index is 1.04. The van der Waals surface area contributed by atoms with Gasteiger partial charge in [-0.2, -0.15) is 0 Å². The summed E-state index contributed by atoms with van der Waals surface area (Å²) in [5.41, 5.74) is 19.4. The van der Waals surface area contributed by atoms with Gasteiger partial charge < -0.3 is 18.8 Å². The van der Waals surface area contributed by atoms with Crippen LogP contribution in [-0.4, -0.2) is 8.97 Å². The van der Waals surface area contributed by atoms with E-state index < -0.39 is 17.5 Å². The Hall–Kier alpha value is -11.7. The number of fused-ring (bicyclic) bond motifs is 13. The minimum absolute atomic E-state index is 0.0962. The van der Waals surface area contributed by atoms with Crippen LogP contribution in [-0.2, 0) is 21.7 Å². The molecule has 0 saturated carbocycles. The van der Waals surface area contributed by atoms with Crippen LogP contribution < -0.4 is 9.80 Å². The maximum Gasteiger partial charge on any atom is 0.0645 e. The van der Waals surface area contributed by atoms with Gasteiger partial charge in [0.25, 0.3) is 0 Å². The van der Waals surface area contributed by atoms with E-state index in [2.05, 4.69) is 328 Å². The molecule has 0 atom stereocenters. The molecule has 0 radical (unpaired) electrons. The Kier molecular flexibility index (Phi) is 13.9. The Bertz CT molecular complexity index is 6580. The van der Waals surface area contributed by atoms with Crippen LogP contribution in [0.3, 0.4) is 0 Å². The molecule has 0 N–H and O–H groups in total. The van der Waals surface area contributed by atoms with E-state index in [1.54, 1.807) is 0 Å². The molecule has 0 aliphatic rings. The number of hydrogen-bond acceptors (Lipinski definition) is 2. The molecule has 104 heavy (non-hydrogen) atoms. The van der Waals surface area contributed by atoms with Gasteiger partial charge in [-0.3, -0.25) is 0 Å². The lowest BCUT2D eigenvalue weighted by Crippen LogP contribution is -2.19. The monoisotopic (exact) mass is 1350 g/mol. The number of rotatable bonds is 10. The fraction of sp³-hybridized carbons (Fsp3) is 0.160. The molecule has 0 fully saturated rings. The van der Waals surface area contributed by atoms with Crippen molar-refractivity contribution in [2.24, 2.45) is 0 Å². The topological polar surface area (TPSA) is 15.8 Å². The third-order valence-corrected chi connectivity index (χ3v) is 21.1. The predicted molar refractivity (Wildman–Crippen MR) is 449 cm³/mol. The van der Waals surface area contributed by atoms with Gasteiger partial charge in [0.2, 0.25) is 0 Å². The van der Waals surface area contributed by atoms with Crippen molar-refractivity contribution in [1.82, 2.24) is 8.97 Å². The Morgan fingerprint density at radius 2 is 0.721 bits per heavy atom. The number of anilines is 6. The summed E-state index contributed by atoms with van der Waals surface area (Å²) in [6.07, 6.45) is 0. The number of nitrogens with zero attached hydrogens (tertiary/aromatic N) is 4. The molecule has 4 nitrogen and oxygen atoms in total. The lowest BCUT2D eigenvalue weighted by atomic mass is 9.81. The fourth-order valence-corrected chi connectivity index (χ4v) is 15.6. The van der Waals surface area contributed by atoms with E-state index in [0.29, 0.717) is 27.5 Å². The van der Waals surface area contributed by atoms with Crippen molar-refractivity contribution in [2.75, 3.05) is 9.80 Å². The van der Waals surface area contributed by atoms with Gasteiger partial charge in [0.1, 0.15) is 0 Å². The molecule has 4 heteroatoms. The summed E-state index contributed by atoms with van der Waals surface area (Å²) in [7, 11) is 0. The second kappa shape index (κ2) is 25.1. The van der Waals surface area contributed by atoms with Crippen LogP contribution in [0, 0.1) is 0 Å². The molecule has 0 aliphatic carbocycles. The molecule has 0 aliphatic heterocycles. The minimum atomic E-state index is -0.478. The molecule has 0 bridgehead atoms. The standard InChI is InChI=1S/C100H88N4/c1-97(2,3)68-50-54-92-88(58-68)89-59-69(98(4,5)6)51-55-93(89)103(92)73-39-30-38-72(62-73)102(96-86(66-34-18-14-19-35-66)60-71(100(10,11)12)61-87(96)67-36-20-15-21-37-67)76-57-70(99(7,8)9)56-75(63-76)101(90-48-28-26-40-77(90)65-32-16-13-17-33-65)74-52-53-83-80-43-24-22-41-78(80)79-42-23-25-44-81(79)84-46-31-47-85-82-45-27-29-49-91(82)104(95(84)85)94(83)64-74/h13-64H,1-12H3/i27D,29D,31D,45D,46D,47D,49D. The quantitative estimate of drug-likeness (QED) is 0.136. The summed E-state index contributed by atoms with van der Waals surface area (Å²) in [6, 6.07) is 95.8. The molecule has 0 amide bonds. The molecule has 0 unspecified atom stereocenters. The summed E-state index contributed by atoms with van der Waals surface area (Å²) in [5, 5.41) is 6.93. The molecule has 3 heterocycles. The third kappa shape index (κ3) is 11.4. The van der Waals surface area contributed by atoms with E-state index in [0.717, 1.165) is 106 Å². The van der Waals surface area contributed by atoms with E-state index in [-0.39, 0.29) is 62.7 Å². The molecule has 508 valence electrons. The summed E-state index contributed by atoms with van der Waals surface area (Å²) in [4.78, 5) is 4.85. The van der Waals surface area contributed by atoms with Crippen LogP contribution in [0.4, 0.5) is 34.1 Å². The van der Waals surface area contributed by atoms with Crippen LogP contribution in [0.25, 0.3) is 121 Å². The zero-order valence-corrected chi connectivity index (χ0v) is 61.3. The van der Waals surface area contributed by atoms with Gasteiger partial charge in [-0.25, -0.2) is 0 Å². The van der Waals surface area contributed by atoms with E-state index in [4.69, 9.17) is 0 Å². The first-order valence-corrected chi connectivity index (χ1v) is 36.3. The predicted octanol–water partition coefficient (Wildman–Crippen LogP) is 28.5. The van der Waals surface area contributed by atoms with Gasteiger partial charge >= 0.3 is 0 Å². The largest absolute Gasteiger partial charge is 0.310 e. The highest BCUT2D eigenvalue weighted by atomic mass is 15.2. The zero-order chi connectivity index (χ0) is 77.6. The van der Waals surface area contributed by atoms with E-state index in [1.165, 1.54) is 27.5 Å². The van der Waals surface area contributed by atoms with Crippen molar-refractivity contribution in [3.63, 3.8) is 0 Å². The third-order valence-electron chi connectivity index (χ3n) is 21.1. The van der Waals surface area contributed by atoms with Gasteiger partial charge in [0.05, 0.1) is 48.6 Å². The van der Waals surface area contributed by atoms with Crippen molar-refractivity contribution in [3.05, 3.63) is 338 Å². The lowest BCUT2D eigenvalue weighted by molar-refractivity contribution is 0.590. The van der Waals surface area contributed by atoms with Crippen LogP contribution in [0.1, 0.15) is 115 Å². The van der Waals surface area contributed by atoms with Crippen molar-refractivity contribution in [3.8, 4) is 39.1 Å². The highest BCUT2D eigenvalue weighted by molar-refractivity contribution is 6.25. The van der Waals surface area contributed by atoms with Gasteiger partial charge in [-0.15, -0.1) is 0 Å². The van der Waals surface area contributed by atoms with Crippen molar-refractivity contribution in [2.45, 2.75) is 105 Å².